The van der Waals surface area contributed by atoms with Gasteiger partial charge in [-0.1, -0.05) is 12.1 Å². The first kappa shape index (κ1) is 13.3. The number of likely N-dealkylation sites (tertiary alicyclic amines) is 1. The van der Waals surface area contributed by atoms with Gasteiger partial charge in [0, 0.05) is 18.5 Å². The first-order valence-corrected chi connectivity index (χ1v) is 6.37. The second kappa shape index (κ2) is 4.14. The van der Waals surface area contributed by atoms with Gasteiger partial charge < -0.3 is 9.64 Å². The van der Waals surface area contributed by atoms with Gasteiger partial charge in [0.1, 0.15) is 5.75 Å². The smallest absolute Gasteiger partial charge is 0.471 e. The Kier molecular flexibility index (Phi) is 2.74. The summed E-state index contributed by atoms with van der Waals surface area (Å²) in [6, 6.07) is 7.35. The summed E-state index contributed by atoms with van der Waals surface area (Å²) in [4.78, 5) is 12.2. The Morgan fingerprint density at radius 2 is 2.00 bits per heavy atom. The molecule has 1 aromatic rings. The number of methoxy groups -OCH3 is 1. The van der Waals surface area contributed by atoms with Crippen molar-refractivity contribution in [1.29, 1.82) is 0 Å². The maximum atomic E-state index is 12.5. The summed E-state index contributed by atoms with van der Waals surface area (Å²) >= 11 is 0. The number of alkyl halides is 3. The van der Waals surface area contributed by atoms with Crippen LogP contribution in [0.4, 0.5) is 13.2 Å². The molecular weight excluding hydrogens is 271 g/mol. The van der Waals surface area contributed by atoms with Gasteiger partial charge in [-0.3, -0.25) is 4.79 Å². The third-order valence-electron chi connectivity index (χ3n) is 4.34. The van der Waals surface area contributed by atoms with E-state index in [-0.39, 0.29) is 24.4 Å². The Hall–Kier alpha value is -1.72. The first-order valence-electron chi connectivity index (χ1n) is 6.37. The van der Waals surface area contributed by atoms with Gasteiger partial charge in [-0.2, -0.15) is 13.2 Å². The van der Waals surface area contributed by atoms with Crippen molar-refractivity contribution >= 4 is 5.91 Å². The molecule has 0 aromatic heterocycles. The molecule has 3 rings (SSSR count). The molecule has 1 amide bonds. The molecule has 1 heterocycles. The standard InChI is InChI=1S/C14H14F3NO2/c1-20-11-4-2-9(3-5-11)13-6-10(13)7-18(8-13)12(19)14(15,16)17/h2-5,10H,6-8H2,1H3/t10?,13-/m0/s1. The van der Waals surface area contributed by atoms with Crippen molar-refractivity contribution in [2.75, 3.05) is 20.2 Å². The predicted molar refractivity (Wildman–Crippen MR) is 65.4 cm³/mol. The Morgan fingerprint density at radius 1 is 1.35 bits per heavy atom. The minimum atomic E-state index is -4.78. The maximum absolute atomic E-state index is 12.5. The zero-order valence-corrected chi connectivity index (χ0v) is 10.9. The fourth-order valence-electron chi connectivity index (χ4n) is 3.19. The third kappa shape index (κ3) is 1.94. The Balaban J connectivity index is 1.78. The van der Waals surface area contributed by atoms with Crippen molar-refractivity contribution in [3.63, 3.8) is 0 Å². The molecule has 20 heavy (non-hydrogen) atoms. The summed E-state index contributed by atoms with van der Waals surface area (Å²) in [6.45, 7) is 0.354. The number of fused-ring (bicyclic) bond motifs is 1. The highest BCUT2D eigenvalue weighted by Crippen LogP contribution is 2.59. The van der Waals surface area contributed by atoms with Gasteiger partial charge in [-0.25, -0.2) is 0 Å². The van der Waals surface area contributed by atoms with Crippen LogP contribution < -0.4 is 4.74 Å². The summed E-state index contributed by atoms with van der Waals surface area (Å²) in [5, 5.41) is 0. The van der Waals surface area contributed by atoms with E-state index >= 15 is 0 Å². The lowest BCUT2D eigenvalue weighted by Crippen LogP contribution is -2.41. The van der Waals surface area contributed by atoms with Gasteiger partial charge in [-0.15, -0.1) is 0 Å². The predicted octanol–water partition coefficient (Wildman–Crippen LogP) is 2.36. The summed E-state index contributed by atoms with van der Waals surface area (Å²) < 4.78 is 42.5. The summed E-state index contributed by atoms with van der Waals surface area (Å²) in [5.74, 6) is -0.872. The first-order chi connectivity index (χ1) is 9.37. The van der Waals surface area contributed by atoms with Crippen molar-refractivity contribution in [3.8, 4) is 5.75 Å². The quantitative estimate of drug-likeness (QED) is 0.835. The molecule has 1 saturated heterocycles. The largest absolute Gasteiger partial charge is 0.497 e. The van der Waals surface area contributed by atoms with Gasteiger partial charge in [0.05, 0.1) is 7.11 Å². The van der Waals surface area contributed by atoms with Crippen molar-refractivity contribution in [2.24, 2.45) is 5.92 Å². The van der Waals surface area contributed by atoms with E-state index in [1.165, 1.54) is 0 Å². The molecule has 1 aliphatic carbocycles. The van der Waals surface area contributed by atoms with Crippen LogP contribution in [0.3, 0.4) is 0 Å². The van der Waals surface area contributed by atoms with Crippen LogP contribution in [-0.2, 0) is 10.2 Å². The number of nitrogens with zero attached hydrogens (tertiary/aromatic N) is 1. The highest BCUT2D eigenvalue weighted by molar-refractivity contribution is 5.82. The van der Waals surface area contributed by atoms with Crippen LogP contribution in [0.15, 0.2) is 24.3 Å². The van der Waals surface area contributed by atoms with E-state index in [9.17, 15) is 18.0 Å². The molecule has 0 bridgehead atoms. The Bertz CT molecular complexity index is 540. The number of hydrogen-bond acceptors (Lipinski definition) is 2. The van der Waals surface area contributed by atoms with Gasteiger partial charge >= 0.3 is 12.1 Å². The molecule has 1 unspecified atom stereocenters. The summed E-state index contributed by atoms with van der Waals surface area (Å²) in [7, 11) is 1.56. The fourth-order valence-corrected chi connectivity index (χ4v) is 3.19. The van der Waals surface area contributed by atoms with Crippen LogP contribution in [0.2, 0.25) is 0 Å². The monoisotopic (exact) mass is 285 g/mol. The average molecular weight is 285 g/mol. The number of halogens is 3. The van der Waals surface area contributed by atoms with E-state index in [2.05, 4.69) is 0 Å². The molecule has 2 fully saturated rings. The van der Waals surface area contributed by atoms with Crippen molar-refractivity contribution in [3.05, 3.63) is 29.8 Å². The van der Waals surface area contributed by atoms with E-state index in [4.69, 9.17) is 4.74 Å². The zero-order chi connectivity index (χ0) is 14.5. The molecule has 0 spiro atoms. The van der Waals surface area contributed by atoms with E-state index in [1.54, 1.807) is 19.2 Å². The van der Waals surface area contributed by atoms with Crippen LogP contribution in [0.5, 0.6) is 5.75 Å². The van der Waals surface area contributed by atoms with Crippen molar-refractivity contribution in [2.45, 2.75) is 18.0 Å². The van der Waals surface area contributed by atoms with E-state index in [0.29, 0.717) is 5.75 Å². The number of carbonyl (C=O) groups is 1. The second-order valence-electron chi connectivity index (χ2n) is 5.47. The number of piperidine rings is 1. The zero-order valence-electron chi connectivity index (χ0n) is 10.9. The van der Waals surface area contributed by atoms with E-state index in [0.717, 1.165) is 16.9 Å². The van der Waals surface area contributed by atoms with Crippen LogP contribution >= 0.6 is 0 Å². The Morgan fingerprint density at radius 3 is 2.55 bits per heavy atom. The lowest BCUT2D eigenvalue weighted by atomic mass is 9.95. The second-order valence-corrected chi connectivity index (χ2v) is 5.47. The van der Waals surface area contributed by atoms with E-state index < -0.39 is 12.1 Å². The average Bonchev–Trinajstić information content (AvgIpc) is 2.99. The Labute approximate surface area is 114 Å². The number of carbonyl (C=O) groups excluding carboxylic acids is 1. The molecule has 3 nitrogen and oxygen atoms in total. The number of benzene rings is 1. The highest BCUT2D eigenvalue weighted by atomic mass is 19.4. The van der Waals surface area contributed by atoms with Gasteiger partial charge in [0.15, 0.2) is 0 Å². The fraction of sp³-hybridized carbons (Fsp3) is 0.500. The molecule has 1 saturated carbocycles. The molecule has 2 aliphatic rings. The lowest BCUT2D eigenvalue weighted by Gasteiger charge is -2.22. The molecule has 6 heteroatoms. The minimum absolute atomic E-state index is 0.141. The SMILES string of the molecule is COc1ccc([C@@]23CC2CN(C(=O)C(F)(F)F)C3)cc1. The summed E-state index contributed by atoms with van der Waals surface area (Å²) in [6.07, 6.45) is -3.93. The van der Waals surface area contributed by atoms with Crippen molar-refractivity contribution in [1.82, 2.24) is 4.90 Å². The van der Waals surface area contributed by atoms with E-state index in [1.807, 2.05) is 12.1 Å². The lowest BCUT2D eigenvalue weighted by molar-refractivity contribution is -0.184. The van der Waals surface area contributed by atoms with Crippen molar-refractivity contribution < 1.29 is 22.7 Å². The highest BCUT2D eigenvalue weighted by Gasteiger charge is 2.63. The molecular formula is C14H14F3NO2. The van der Waals surface area contributed by atoms with Gasteiger partial charge in [-0.05, 0) is 30.0 Å². The molecule has 1 aromatic carbocycles. The molecule has 108 valence electrons. The molecule has 0 N–H and O–H groups in total. The van der Waals surface area contributed by atoms with Crippen LogP contribution in [-0.4, -0.2) is 37.2 Å². The number of amides is 1. The van der Waals surface area contributed by atoms with Gasteiger partial charge in [0.2, 0.25) is 0 Å². The topological polar surface area (TPSA) is 29.5 Å². The summed E-state index contributed by atoms with van der Waals surface area (Å²) in [5.41, 5.74) is 0.702. The minimum Gasteiger partial charge on any atom is -0.497 e. The van der Waals surface area contributed by atoms with Gasteiger partial charge in [0.25, 0.3) is 0 Å². The molecule has 1 aliphatic heterocycles. The number of rotatable bonds is 2. The number of hydrogen-bond donors (Lipinski definition) is 0. The van der Waals surface area contributed by atoms with Crippen LogP contribution in [0.1, 0.15) is 12.0 Å². The molecule has 2 atom stereocenters. The van der Waals surface area contributed by atoms with Crippen LogP contribution in [0, 0.1) is 5.92 Å². The third-order valence-corrected chi connectivity index (χ3v) is 4.34. The molecule has 0 radical (unpaired) electrons. The van der Waals surface area contributed by atoms with Crippen LogP contribution in [0.25, 0.3) is 0 Å². The maximum Gasteiger partial charge on any atom is 0.471 e. The number of ether oxygens (including phenoxy) is 1. The normalized spacial score (nSPS) is 28.2.